The molecule has 30 heavy (non-hydrogen) atoms. The van der Waals surface area contributed by atoms with Crippen LogP contribution in [0.2, 0.25) is 5.02 Å². The van der Waals surface area contributed by atoms with Crippen molar-refractivity contribution in [3.8, 4) is 0 Å². The van der Waals surface area contributed by atoms with E-state index in [1.165, 1.54) is 23.1 Å². The number of fused-ring (bicyclic) bond motifs is 1. The maximum absolute atomic E-state index is 12.4. The second-order valence-electron chi connectivity index (χ2n) is 6.38. The highest BCUT2D eigenvalue weighted by molar-refractivity contribution is 8.00. The summed E-state index contributed by atoms with van der Waals surface area (Å²) in [4.78, 5) is 42.9. The van der Waals surface area contributed by atoms with Crippen molar-refractivity contribution in [2.24, 2.45) is 4.99 Å². The van der Waals surface area contributed by atoms with Crippen LogP contribution in [0.4, 0.5) is 0 Å². The number of halogens is 1. The number of esters is 1. The second-order valence-corrected chi connectivity index (χ2v) is 8.81. The van der Waals surface area contributed by atoms with Crippen LogP contribution < -0.4 is 4.80 Å². The summed E-state index contributed by atoms with van der Waals surface area (Å²) in [6.07, 6.45) is 0. The third-order valence-corrected chi connectivity index (χ3v) is 6.45. The Morgan fingerprint density at radius 3 is 2.77 bits per heavy atom. The molecule has 0 radical (unpaired) electrons. The average Bonchev–Trinajstić information content (AvgIpc) is 3.04. The van der Waals surface area contributed by atoms with Crippen molar-refractivity contribution in [3.63, 3.8) is 0 Å². The van der Waals surface area contributed by atoms with Crippen molar-refractivity contribution in [1.29, 1.82) is 0 Å². The summed E-state index contributed by atoms with van der Waals surface area (Å²) in [5, 5.41) is 0.557. The van der Waals surface area contributed by atoms with E-state index in [1.807, 2.05) is 0 Å². The number of morpholine rings is 1. The lowest BCUT2D eigenvalue weighted by Gasteiger charge is -2.26. The van der Waals surface area contributed by atoms with Gasteiger partial charge in [-0.15, -0.1) is 11.8 Å². The highest BCUT2D eigenvalue weighted by Gasteiger charge is 2.17. The number of nitrogens with zero attached hydrogens (tertiary/aromatic N) is 3. The Kier molecular flexibility index (Phi) is 8.32. The number of carbonyl (C=O) groups is 3. The fraction of sp³-hybridized carbons (Fsp3) is 0.474. The van der Waals surface area contributed by atoms with Crippen LogP contribution in [0, 0.1) is 0 Å². The predicted octanol–water partition coefficient (Wildman–Crippen LogP) is 1.94. The van der Waals surface area contributed by atoms with Crippen LogP contribution in [0.15, 0.2) is 23.2 Å². The number of hydrogen-bond acceptors (Lipinski definition) is 7. The normalized spacial score (nSPS) is 14.9. The summed E-state index contributed by atoms with van der Waals surface area (Å²) in [7, 11) is 0. The molecule has 0 saturated carbocycles. The van der Waals surface area contributed by atoms with Gasteiger partial charge in [-0.05, 0) is 25.1 Å². The first kappa shape index (κ1) is 22.8. The third kappa shape index (κ3) is 6.07. The first-order chi connectivity index (χ1) is 14.5. The summed E-state index contributed by atoms with van der Waals surface area (Å²) in [5.74, 6) is -0.502. The molecular weight excluding hydrogens is 450 g/mol. The number of thioether (sulfide) groups is 1. The largest absolute Gasteiger partial charge is 0.465 e. The van der Waals surface area contributed by atoms with Crippen LogP contribution in [-0.2, 0) is 30.4 Å². The molecule has 0 atom stereocenters. The van der Waals surface area contributed by atoms with E-state index in [4.69, 9.17) is 21.1 Å². The predicted molar refractivity (Wildman–Crippen MR) is 117 cm³/mol. The molecule has 1 aromatic heterocycles. The number of thiazole rings is 1. The molecular formula is C19H22ClN3O5S2. The number of hydrogen-bond donors (Lipinski definition) is 0. The summed E-state index contributed by atoms with van der Waals surface area (Å²) >= 11 is 8.57. The fourth-order valence-electron chi connectivity index (χ4n) is 2.89. The molecule has 2 amide bonds. The van der Waals surface area contributed by atoms with E-state index < -0.39 is 5.97 Å². The number of carbonyl (C=O) groups excluding carboxylic acids is 3. The molecule has 1 aliphatic rings. The van der Waals surface area contributed by atoms with Gasteiger partial charge in [-0.25, -0.2) is 0 Å². The van der Waals surface area contributed by atoms with Crippen LogP contribution in [0.25, 0.3) is 10.2 Å². The van der Waals surface area contributed by atoms with Crippen LogP contribution in [0.1, 0.15) is 6.92 Å². The van der Waals surface area contributed by atoms with E-state index in [-0.39, 0.29) is 36.5 Å². The van der Waals surface area contributed by atoms with Crippen molar-refractivity contribution in [2.75, 3.05) is 44.4 Å². The molecule has 3 rings (SSSR count). The van der Waals surface area contributed by atoms with E-state index in [2.05, 4.69) is 4.99 Å². The van der Waals surface area contributed by atoms with Crippen molar-refractivity contribution < 1.29 is 23.9 Å². The van der Waals surface area contributed by atoms with Gasteiger partial charge in [0.05, 0.1) is 41.5 Å². The minimum Gasteiger partial charge on any atom is -0.465 e. The zero-order valence-electron chi connectivity index (χ0n) is 16.5. The van der Waals surface area contributed by atoms with E-state index in [0.717, 1.165) is 10.2 Å². The molecule has 1 aliphatic heterocycles. The number of benzene rings is 1. The summed E-state index contributed by atoms with van der Waals surface area (Å²) < 4.78 is 12.7. The lowest BCUT2D eigenvalue weighted by atomic mass is 10.3. The maximum Gasteiger partial charge on any atom is 0.326 e. The van der Waals surface area contributed by atoms with Gasteiger partial charge in [0, 0.05) is 18.1 Å². The van der Waals surface area contributed by atoms with E-state index in [9.17, 15) is 14.4 Å². The minimum atomic E-state index is -0.411. The van der Waals surface area contributed by atoms with E-state index in [0.29, 0.717) is 36.1 Å². The van der Waals surface area contributed by atoms with Crippen molar-refractivity contribution in [3.05, 3.63) is 28.0 Å². The van der Waals surface area contributed by atoms with Gasteiger partial charge in [-0.3, -0.25) is 14.4 Å². The van der Waals surface area contributed by atoms with Crippen molar-refractivity contribution in [1.82, 2.24) is 9.47 Å². The molecule has 11 heteroatoms. The van der Waals surface area contributed by atoms with Crippen molar-refractivity contribution >= 4 is 62.7 Å². The van der Waals surface area contributed by atoms with Crippen molar-refractivity contribution in [2.45, 2.75) is 13.5 Å². The topological polar surface area (TPSA) is 90.2 Å². The molecule has 1 saturated heterocycles. The number of amides is 2. The Balaban J connectivity index is 1.71. The quantitative estimate of drug-likeness (QED) is 0.573. The molecule has 1 aromatic carbocycles. The fourth-order valence-corrected chi connectivity index (χ4v) is 4.91. The van der Waals surface area contributed by atoms with Gasteiger partial charge in [-0.1, -0.05) is 22.9 Å². The molecule has 0 N–H and O–H groups in total. The Bertz CT molecular complexity index is 998. The van der Waals surface area contributed by atoms with Gasteiger partial charge >= 0.3 is 5.97 Å². The first-order valence-electron chi connectivity index (χ1n) is 9.43. The minimum absolute atomic E-state index is 0.00928. The van der Waals surface area contributed by atoms with Gasteiger partial charge in [0.15, 0.2) is 4.80 Å². The van der Waals surface area contributed by atoms with Crippen LogP contribution in [-0.4, -0.2) is 71.7 Å². The Labute approximate surface area is 186 Å². The number of ether oxygens (including phenoxy) is 2. The molecule has 0 spiro atoms. The van der Waals surface area contributed by atoms with Gasteiger partial charge in [0.25, 0.3) is 5.91 Å². The standard InChI is InChI=1S/C19H22ClN3O5S2/c1-2-28-18(26)10-23-14-4-3-13(20)9-15(14)30-19(23)21-16(24)11-29-12-17(25)22-5-7-27-8-6-22/h3-4,9H,2,5-8,10-12H2,1H3. The Hall–Kier alpha value is -1.88. The third-order valence-electron chi connectivity index (χ3n) is 4.27. The summed E-state index contributed by atoms with van der Waals surface area (Å²) in [6, 6.07) is 5.27. The Morgan fingerprint density at radius 2 is 2.03 bits per heavy atom. The first-order valence-corrected chi connectivity index (χ1v) is 11.8. The number of aromatic nitrogens is 1. The van der Waals surface area contributed by atoms with Gasteiger partial charge in [0.2, 0.25) is 5.91 Å². The molecule has 0 aliphatic carbocycles. The van der Waals surface area contributed by atoms with E-state index in [1.54, 1.807) is 34.6 Å². The Morgan fingerprint density at radius 1 is 1.27 bits per heavy atom. The highest BCUT2D eigenvalue weighted by atomic mass is 35.5. The number of rotatable bonds is 7. The molecule has 0 unspecified atom stereocenters. The summed E-state index contributed by atoms with van der Waals surface area (Å²) in [5.41, 5.74) is 0.749. The van der Waals surface area contributed by atoms with E-state index >= 15 is 0 Å². The van der Waals surface area contributed by atoms with Crippen LogP contribution in [0.5, 0.6) is 0 Å². The second kappa shape index (κ2) is 10.9. The monoisotopic (exact) mass is 471 g/mol. The lowest BCUT2D eigenvalue weighted by Crippen LogP contribution is -2.41. The average molecular weight is 472 g/mol. The highest BCUT2D eigenvalue weighted by Crippen LogP contribution is 2.22. The lowest BCUT2D eigenvalue weighted by molar-refractivity contribution is -0.143. The molecule has 2 aromatic rings. The van der Waals surface area contributed by atoms with Crippen LogP contribution >= 0.6 is 34.7 Å². The van der Waals surface area contributed by atoms with Crippen LogP contribution in [0.3, 0.4) is 0 Å². The SMILES string of the molecule is CCOC(=O)Cn1c(=NC(=O)CSCC(=O)N2CCOCC2)sc2cc(Cl)ccc21. The summed E-state index contributed by atoms with van der Waals surface area (Å²) in [6.45, 7) is 4.20. The molecule has 0 bridgehead atoms. The molecule has 8 nitrogen and oxygen atoms in total. The van der Waals surface area contributed by atoms with Gasteiger partial charge in [-0.2, -0.15) is 4.99 Å². The maximum atomic E-state index is 12.4. The van der Waals surface area contributed by atoms with Gasteiger partial charge < -0.3 is 18.9 Å². The zero-order valence-corrected chi connectivity index (χ0v) is 18.9. The smallest absolute Gasteiger partial charge is 0.326 e. The zero-order chi connectivity index (χ0) is 21.5. The molecule has 162 valence electrons. The van der Waals surface area contributed by atoms with Gasteiger partial charge in [0.1, 0.15) is 6.54 Å². The molecule has 2 heterocycles. The molecule has 1 fully saturated rings.